The lowest BCUT2D eigenvalue weighted by atomic mass is 9.81. The third kappa shape index (κ3) is 2.81. The number of likely N-dealkylation sites (tertiary alicyclic amines) is 1. The molecule has 1 atom stereocenters. The second-order valence-corrected chi connectivity index (χ2v) is 6.73. The Morgan fingerprint density at radius 2 is 2.11 bits per heavy atom. The first-order valence-electron chi connectivity index (χ1n) is 6.40. The van der Waals surface area contributed by atoms with Crippen molar-refractivity contribution in [3.63, 3.8) is 0 Å². The lowest BCUT2D eigenvalue weighted by molar-refractivity contribution is -0.0943. The largest absolute Gasteiger partial charge is 0.431 e. The lowest BCUT2D eigenvalue weighted by Gasteiger charge is -2.39. The molecule has 3 aliphatic rings. The van der Waals surface area contributed by atoms with Crippen molar-refractivity contribution in [2.24, 2.45) is 5.41 Å². The topological polar surface area (TPSA) is 27.3 Å². The number of halogens is 3. The zero-order valence-electron chi connectivity index (χ0n) is 10.5. The normalized spacial score (nSPS) is 27.9. The fourth-order valence-electron chi connectivity index (χ4n) is 2.84. The number of nitrogens with one attached hydrogen (secondary N) is 2. The fraction of sp³-hybridized carbons (Fsp3) is 0.667. The lowest BCUT2D eigenvalue weighted by Crippen LogP contribution is -2.54. The molecule has 0 aromatic carbocycles. The molecule has 0 aromatic rings. The summed E-state index contributed by atoms with van der Waals surface area (Å²) in [5.41, 5.74) is -0.186. The molecule has 1 spiro atoms. The van der Waals surface area contributed by atoms with Crippen LogP contribution in [0.15, 0.2) is 23.2 Å². The minimum Gasteiger partial charge on any atom is -0.359 e. The number of alkyl halides is 3. The summed E-state index contributed by atoms with van der Waals surface area (Å²) >= 11 is 0. The Bertz CT molecular complexity index is 426. The molecule has 2 N–H and O–H groups in total. The van der Waals surface area contributed by atoms with E-state index >= 15 is 0 Å². The van der Waals surface area contributed by atoms with Crippen molar-refractivity contribution < 1.29 is 13.2 Å². The highest BCUT2D eigenvalue weighted by Gasteiger charge is 2.43. The van der Waals surface area contributed by atoms with Gasteiger partial charge in [-0.1, -0.05) is 6.08 Å². The van der Waals surface area contributed by atoms with Gasteiger partial charge in [0.15, 0.2) is 0 Å². The summed E-state index contributed by atoms with van der Waals surface area (Å²) < 4.78 is 37.4. The Labute approximate surface area is 112 Å². The van der Waals surface area contributed by atoms with Crippen LogP contribution in [-0.4, -0.2) is 43.8 Å². The molecule has 0 saturated carbocycles. The van der Waals surface area contributed by atoms with E-state index < -0.39 is 11.9 Å². The van der Waals surface area contributed by atoms with Gasteiger partial charge in [0.2, 0.25) is 0 Å². The van der Waals surface area contributed by atoms with Crippen LogP contribution in [-0.2, 0) is 0 Å². The summed E-state index contributed by atoms with van der Waals surface area (Å²) in [7, 11) is 0.0395. The van der Waals surface area contributed by atoms with Gasteiger partial charge in [0.05, 0.1) is 0 Å². The maximum Gasteiger partial charge on any atom is 0.431 e. The molecule has 3 heterocycles. The molecule has 2 saturated heterocycles. The van der Waals surface area contributed by atoms with E-state index in [-0.39, 0.29) is 8.73 Å². The van der Waals surface area contributed by atoms with Crippen LogP contribution in [0.1, 0.15) is 6.42 Å². The van der Waals surface area contributed by atoms with Gasteiger partial charge in [-0.15, -0.1) is 0 Å². The Hall–Kier alpha value is -0.580. The van der Waals surface area contributed by atoms with Crippen LogP contribution in [0.2, 0.25) is 0 Å². The van der Waals surface area contributed by atoms with Gasteiger partial charge >= 0.3 is 6.18 Å². The van der Waals surface area contributed by atoms with Gasteiger partial charge in [-0.05, 0) is 24.4 Å². The minimum atomic E-state index is -4.26. The summed E-state index contributed by atoms with van der Waals surface area (Å²) in [5.74, 6) is 0. The summed E-state index contributed by atoms with van der Waals surface area (Å²) in [6.07, 6.45) is -0.276. The highest BCUT2D eigenvalue weighted by molar-refractivity contribution is 7.41. The molecule has 3 aliphatic heterocycles. The van der Waals surface area contributed by atoms with E-state index in [1.54, 1.807) is 6.08 Å². The first kappa shape index (κ1) is 13.4. The van der Waals surface area contributed by atoms with E-state index in [4.69, 9.17) is 0 Å². The number of hydrogen-bond donors (Lipinski definition) is 2. The van der Waals surface area contributed by atoms with Crippen LogP contribution in [0.5, 0.6) is 0 Å². The zero-order valence-corrected chi connectivity index (χ0v) is 11.5. The van der Waals surface area contributed by atoms with Crippen molar-refractivity contribution in [2.45, 2.75) is 12.6 Å². The van der Waals surface area contributed by atoms with Crippen LogP contribution < -0.4 is 10.4 Å². The van der Waals surface area contributed by atoms with E-state index in [1.807, 2.05) is 0 Å². The molecule has 0 radical (unpaired) electrons. The van der Waals surface area contributed by atoms with Crippen molar-refractivity contribution in [3.05, 3.63) is 23.2 Å². The Kier molecular flexibility index (Phi) is 3.36. The van der Waals surface area contributed by atoms with Gasteiger partial charge in [0.1, 0.15) is 5.70 Å². The number of rotatable bonds is 2. The first-order valence-corrected chi connectivity index (χ1v) is 7.40. The minimum absolute atomic E-state index is 0.0395. The molecular weight excluding hydrogens is 274 g/mol. The maximum absolute atomic E-state index is 12.5. The number of allylic oxidation sites excluding steroid dienone is 3. The van der Waals surface area contributed by atoms with Crippen LogP contribution >= 0.6 is 8.73 Å². The molecule has 0 aliphatic carbocycles. The van der Waals surface area contributed by atoms with Gasteiger partial charge in [-0.25, -0.2) is 0 Å². The zero-order chi connectivity index (χ0) is 13.5. The van der Waals surface area contributed by atoms with Gasteiger partial charge in [-0.2, -0.15) is 13.2 Å². The average Bonchev–Trinajstić information content (AvgIpc) is 2.73. The summed E-state index contributed by atoms with van der Waals surface area (Å²) in [6.45, 7) is 5.08. The fourth-order valence-corrected chi connectivity index (χ4v) is 3.83. The molecule has 0 bridgehead atoms. The molecule has 3 nitrogen and oxygen atoms in total. The summed E-state index contributed by atoms with van der Waals surface area (Å²) in [6, 6.07) is 0. The third-order valence-electron chi connectivity index (χ3n) is 4.03. The van der Waals surface area contributed by atoms with Gasteiger partial charge in [-0.3, -0.25) is 4.90 Å². The van der Waals surface area contributed by atoms with E-state index in [2.05, 4.69) is 15.3 Å². The molecule has 19 heavy (non-hydrogen) atoms. The van der Waals surface area contributed by atoms with Crippen molar-refractivity contribution in [2.75, 3.05) is 32.7 Å². The molecule has 0 aromatic heterocycles. The molecular formula is C12H17F3N3P. The van der Waals surface area contributed by atoms with E-state index in [9.17, 15) is 13.2 Å². The molecule has 2 fully saturated rings. The standard InChI is InChI=1S/C12H17F3N3P/c13-12(14,15)10-2-1-9(19-17-10)5-18-4-3-11(8-18)6-16-7-11/h1-2,16-17,19H,3-8H2. The van der Waals surface area contributed by atoms with Crippen molar-refractivity contribution >= 4 is 8.73 Å². The quantitative estimate of drug-likeness (QED) is 0.760. The molecule has 3 rings (SSSR count). The predicted molar refractivity (Wildman–Crippen MR) is 70.0 cm³/mol. The number of nitrogens with zero attached hydrogens (tertiary/aromatic N) is 1. The van der Waals surface area contributed by atoms with Crippen molar-refractivity contribution in [3.8, 4) is 0 Å². The third-order valence-corrected chi connectivity index (χ3v) is 5.07. The Balaban J connectivity index is 1.57. The Morgan fingerprint density at radius 3 is 2.58 bits per heavy atom. The summed E-state index contributed by atoms with van der Waals surface area (Å²) in [4.78, 5) is 2.35. The Morgan fingerprint density at radius 1 is 1.32 bits per heavy atom. The van der Waals surface area contributed by atoms with Gasteiger partial charge in [0.25, 0.3) is 0 Å². The van der Waals surface area contributed by atoms with Gasteiger partial charge < -0.3 is 10.4 Å². The van der Waals surface area contributed by atoms with Crippen LogP contribution in [0.3, 0.4) is 0 Å². The van der Waals surface area contributed by atoms with Crippen LogP contribution in [0.25, 0.3) is 0 Å². The SMILES string of the molecule is FC(F)(F)C1=CC=C(CN2CCC3(CNC3)C2)PN1. The molecule has 1 unspecified atom stereocenters. The molecule has 0 amide bonds. The maximum atomic E-state index is 12.5. The van der Waals surface area contributed by atoms with E-state index in [0.29, 0.717) is 5.41 Å². The van der Waals surface area contributed by atoms with Gasteiger partial charge in [0, 0.05) is 40.3 Å². The van der Waals surface area contributed by atoms with Crippen LogP contribution in [0.4, 0.5) is 13.2 Å². The highest BCUT2D eigenvalue weighted by Crippen LogP contribution is 2.37. The second-order valence-electron chi connectivity index (χ2n) is 5.58. The number of hydrogen-bond acceptors (Lipinski definition) is 3. The first-order chi connectivity index (χ1) is 8.97. The smallest absolute Gasteiger partial charge is 0.359 e. The van der Waals surface area contributed by atoms with Crippen molar-refractivity contribution in [1.29, 1.82) is 0 Å². The monoisotopic (exact) mass is 291 g/mol. The van der Waals surface area contributed by atoms with Crippen molar-refractivity contribution in [1.82, 2.24) is 15.3 Å². The van der Waals surface area contributed by atoms with E-state index in [1.165, 1.54) is 6.42 Å². The van der Waals surface area contributed by atoms with E-state index in [0.717, 1.165) is 44.1 Å². The average molecular weight is 291 g/mol. The molecule has 106 valence electrons. The molecule has 7 heteroatoms. The van der Waals surface area contributed by atoms with Crippen LogP contribution in [0, 0.1) is 5.41 Å². The second kappa shape index (κ2) is 4.76. The highest BCUT2D eigenvalue weighted by atomic mass is 31.1. The summed E-state index contributed by atoms with van der Waals surface area (Å²) in [5, 5.41) is 6.85. The predicted octanol–water partition coefficient (Wildman–Crippen LogP) is 1.81.